The van der Waals surface area contributed by atoms with E-state index < -0.39 is 10.0 Å². The molecular weight excluding hydrogens is 368 g/mol. The van der Waals surface area contributed by atoms with Crippen LogP contribution in [0.2, 0.25) is 5.15 Å². The van der Waals surface area contributed by atoms with Crippen LogP contribution in [0, 0.1) is 0 Å². The molecule has 9 heteroatoms. The summed E-state index contributed by atoms with van der Waals surface area (Å²) in [7, 11) is -1.88. The molecule has 108 valence electrons. The van der Waals surface area contributed by atoms with Crippen molar-refractivity contribution >= 4 is 37.6 Å². The smallest absolute Gasteiger partial charge is 0.243 e. The molecule has 0 fully saturated rings. The summed E-state index contributed by atoms with van der Waals surface area (Å²) in [6, 6.07) is 3.25. The second kappa shape index (κ2) is 6.21. The van der Waals surface area contributed by atoms with Crippen molar-refractivity contribution in [3.05, 3.63) is 39.8 Å². The molecule has 2 heterocycles. The van der Waals surface area contributed by atoms with Crippen molar-refractivity contribution in [1.29, 1.82) is 0 Å². The fourth-order valence-corrected chi connectivity index (χ4v) is 3.60. The molecule has 0 saturated heterocycles. The highest BCUT2D eigenvalue weighted by Crippen LogP contribution is 2.22. The number of hydrogen-bond acceptors (Lipinski definition) is 4. The Morgan fingerprint density at radius 2 is 2.25 bits per heavy atom. The lowest BCUT2D eigenvalue weighted by Crippen LogP contribution is -2.27. The van der Waals surface area contributed by atoms with Gasteiger partial charge in [-0.25, -0.2) is 18.1 Å². The van der Waals surface area contributed by atoms with E-state index in [1.54, 1.807) is 17.9 Å². The second-order valence-corrected chi connectivity index (χ2v) is 7.05. The monoisotopic (exact) mass is 378 g/mol. The van der Waals surface area contributed by atoms with E-state index in [2.05, 4.69) is 30.7 Å². The molecule has 0 saturated carbocycles. The van der Waals surface area contributed by atoms with Crippen molar-refractivity contribution in [2.24, 2.45) is 7.05 Å². The fourth-order valence-electron chi connectivity index (χ4n) is 1.63. The van der Waals surface area contributed by atoms with Gasteiger partial charge in [-0.1, -0.05) is 11.6 Å². The summed E-state index contributed by atoms with van der Waals surface area (Å²) >= 11 is 8.99. The molecule has 0 bridgehead atoms. The minimum Gasteiger partial charge on any atom is -0.273 e. The van der Waals surface area contributed by atoms with Crippen LogP contribution in [0.3, 0.4) is 0 Å². The Bertz CT molecular complexity index is 717. The zero-order valence-electron chi connectivity index (χ0n) is 10.5. The zero-order chi connectivity index (χ0) is 14.8. The molecule has 2 rings (SSSR count). The third kappa shape index (κ3) is 3.57. The molecule has 0 aliphatic carbocycles. The van der Waals surface area contributed by atoms with Crippen LogP contribution in [0.1, 0.15) is 5.69 Å². The van der Waals surface area contributed by atoms with E-state index in [9.17, 15) is 8.42 Å². The van der Waals surface area contributed by atoms with Crippen molar-refractivity contribution in [2.75, 3.05) is 6.54 Å². The van der Waals surface area contributed by atoms with E-state index >= 15 is 0 Å². The molecular formula is C11H12BrClN4O2S. The predicted molar refractivity (Wildman–Crippen MR) is 79.0 cm³/mol. The lowest BCUT2D eigenvalue weighted by Gasteiger charge is -2.08. The van der Waals surface area contributed by atoms with E-state index in [4.69, 9.17) is 11.6 Å². The molecule has 6 nitrogen and oxygen atoms in total. The summed E-state index contributed by atoms with van der Waals surface area (Å²) in [5.74, 6) is 0. The number of halogens is 2. The van der Waals surface area contributed by atoms with Crippen LogP contribution >= 0.6 is 27.5 Å². The number of pyridine rings is 1. The van der Waals surface area contributed by atoms with Crippen LogP contribution in [-0.4, -0.2) is 29.7 Å². The van der Waals surface area contributed by atoms with E-state index in [0.717, 1.165) is 5.69 Å². The Labute approximate surface area is 130 Å². The number of aryl methyl sites for hydroxylation is 1. The van der Waals surface area contributed by atoms with E-state index in [1.807, 2.05) is 6.07 Å². The highest BCUT2D eigenvalue weighted by atomic mass is 79.9. The van der Waals surface area contributed by atoms with Gasteiger partial charge in [-0.3, -0.25) is 4.68 Å². The van der Waals surface area contributed by atoms with Crippen molar-refractivity contribution in [2.45, 2.75) is 11.3 Å². The van der Waals surface area contributed by atoms with Crippen LogP contribution in [0.25, 0.3) is 0 Å². The van der Waals surface area contributed by atoms with Gasteiger partial charge in [0.15, 0.2) is 0 Å². The average molecular weight is 380 g/mol. The third-order valence-electron chi connectivity index (χ3n) is 2.66. The van der Waals surface area contributed by atoms with Gasteiger partial charge in [0.2, 0.25) is 10.0 Å². The van der Waals surface area contributed by atoms with Gasteiger partial charge in [0.05, 0.1) is 0 Å². The summed E-state index contributed by atoms with van der Waals surface area (Å²) < 4.78 is 29.0. The lowest BCUT2D eigenvalue weighted by molar-refractivity contribution is 0.579. The first-order valence-corrected chi connectivity index (χ1v) is 8.33. The summed E-state index contributed by atoms with van der Waals surface area (Å²) in [5.41, 5.74) is 0.936. The molecule has 2 aromatic heterocycles. The van der Waals surface area contributed by atoms with Crippen molar-refractivity contribution in [3.63, 3.8) is 0 Å². The van der Waals surface area contributed by atoms with Gasteiger partial charge in [0.1, 0.15) is 10.0 Å². The van der Waals surface area contributed by atoms with Crippen molar-refractivity contribution < 1.29 is 8.42 Å². The van der Waals surface area contributed by atoms with Gasteiger partial charge in [-0.15, -0.1) is 0 Å². The largest absolute Gasteiger partial charge is 0.273 e. The van der Waals surface area contributed by atoms with Crippen molar-refractivity contribution in [1.82, 2.24) is 19.5 Å². The first-order chi connectivity index (χ1) is 9.40. The SMILES string of the molecule is Cn1nccc1CCNS(=O)(=O)c1cc(Br)cnc1Cl. The lowest BCUT2D eigenvalue weighted by atomic mass is 10.3. The quantitative estimate of drug-likeness (QED) is 0.803. The van der Waals surface area contributed by atoms with Gasteiger partial charge < -0.3 is 0 Å². The average Bonchev–Trinajstić information content (AvgIpc) is 2.78. The molecule has 1 N–H and O–H groups in total. The van der Waals surface area contributed by atoms with E-state index in [-0.39, 0.29) is 16.6 Å². The Kier molecular flexibility index (Phi) is 4.79. The molecule has 0 aliphatic heterocycles. The van der Waals surface area contributed by atoms with E-state index in [0.29, 0.717) is 10.9 Å². The number of nitrogens with zero attached hydrogens (tertiary/aromatic N) is 3. The van der Waals surface area contributed by atoms with Gasteiger partial charge in [0, 0.05) is 42.6 Å². The molecule has 0 amide bonds. The number of hydrogen-bond donors (Lipinski definition) is 1. The minimum atomic E-state index is -3.68. The molecule has 0 aliphatic rings. The number of rotatable bonds is 5. The normalized spacial score (nSPS) is 11.8. The molecule has 20 heavy (non-hydrogen) atoms. The van der Waals surface area contributed by atoms with Crippen LogP contribution in [0.15, 0.2) is 33.9 Å². The highest BCUT2D eigenvalue weighted by Gasteiger charge is 2.19. The molecule has 0 spiro atoms. The minimum absolute atomic E-state index is 0.0430. The molecule has 0 aromatic carbocycles. The maximum atomic E-state index is 12.1. The van der Waals surface area contributed by atoms with E-state index in [1.165, 1.54) is 12.3 Å². The predicted octanol–water partition coefficient (Wildman–Crippen LogP) is 1.75. The first kappa shape index (κ1) is 15.4. The first-order valence-electron chi connectivity index (χ1n) is 5.68. The number of sulfonamides is 1. The van der Waals surface area contributed by atoms with Crippen LogP contribution in [0.5, 0.6) is 0 Å². The summed E-state index contributed by atoms with van der Waals surface area (Å²) in [6.45, 7) is 0.255. The Morgan fingerprint density at radius 1 is 1.50 bits per heavy atom. The van der Waals surface area contributed by atoms with Gasteiger partial charge in [0.25, 0.3) is 0 Å². The summed E-state index contributed by atoms with van der Waals surface area (Å²) in [6.07, 6.45) is 3.64. The maximum Gasteiger partial charge on any atom is 0.243 e. The fraction of sp³-hybridized carbons (Fsp3) is 0.273. The van der Waals surface area contributed by atoms with Gasteiger partial charge in [-0.05, 0) is 28.1 Å². The number of nitrogens with one attached hydrogen (secondary N) is 1. The van der Waals surface area contributed by atoms with Gasteiger partial charge >= 0.3 is 0 Å². The standard InChI is InChI=1S/C11H12BrClN4O2S/c1-17-9(2-4-15-17)3-5-16-20(18,19)10-6-8(12)7-14-11(10)13/h2,4,6-7,16H,3,5H2,1H3. The van der Waals surface area contributed by atoms with Gasteiger partial charge in [-0.2, -0.15) is 5.10 Å². The zero-order valence-corrected chi connectivity index (χ0v) is 13.7. The molecule has 0 radical (unpaired) electrons. The molecule has 2 aromatic rings. The summed E-state index contributed by atoms with van der Waals surface area (Å²) in [4.78, 5) is 3.76. The molecule has 0 atom stereocenters. The van der Waals surface area contributed by atoms with Crippen LogP contribution in [0.4, 0.5) is 0 Å². The second-order valence-electron chi connectivity index (χ2n) is 4.04. The molecule has 0 unspecified atom stereocenters. The van der Waals surface area contributed by atoms with Crippen molar-refractivity contribution in [3.8, 4) is 0 Å². The Balaban J connectivity index is 2.08. The van der Waals surface area contributed by atoms with Crippen LogP contribution in [-0.2, 0) is 23.5 Å². The summed E-state index contributed by atoms with van der Waals surface area (Å²) in [5, 5.41) is 3.96. The Morgan fingerprint density at radius 3 is 2.90 bits per heavy atom. The Hall–Kier alpha value is -0.960. The topological polar surface area (TPSA) is 76.9 Å². The highest BCUT2D eigenvalue weighted by molar-refractivity contribution is 9.10. The number of aromatic nitrogens is 3. The maximum absolute atomic E-state index is 12.1. The van der Waals surface area contributed by atoms with Crippen LogP contribution < -0.4 is 4.72 Å². The third-order valence-corrected chi connectivity index (χ3v) is 4.98.